The largest absolute Gasteiger partial charge is 0.497 e. The Hall–Kier alpha value is -3.07. The molecule has 0 saturated heterocycles. The number of rotatable bonds is 8. The summed E-state index contributed by atoms with van der Waals surface area (Å²) < 4.78 is 35.7. The summed E-state index contributed by atoms with van der Waals surface area (Å²) in [5.74, 6) is 0.725. The molecule has 150 valence electrons. The van der Waals surface area contributed by atoms with Crippen LogP contribution in [0.4, 0.5) is 5.69 Å². The predicted molar refractivity (Wildman–Crippen MR) is 109 cm³/mol. The molecule has 2 aromatic rings. The number of amides is 1. The van der Waals surface area contributed by atoms with Gasteiger partial charge in [-0.05, 0) is 61.0 Å². The molecule has 0 unspecified atom stereocenters. The van der Waals surface area contributed by atoms with Gasteiger partial charge in [-0.2, -0.15) is 5.10 Å². The first-order valence-corrected chi connectivity index (χ1v) is 10.2. The summed E-state index contributed by atoms with van der Waals surface area (Å²) in [5.41, 5.74) is 3.48. The van der Waals surface area contributed by atoms with Crippen molar-refractivity contribution in [1.29, 1.82) is 0 Å². The van der Waals surface area contributed by atoms with E-state index in [0.717, 1.165) is 16.1 Å². The second-order valence-corrected chi connectivity index (χ2v) is 7.80. The first-order chi connectivity index (χ1) is 13.3. The van der Waals surface area contributed by atoms with Gasteiger partial charge in [-0.1, -0.05) is 0 Å². The predicted octanol–water partition coefficient (Wildman–Crippen LogP) is 2.01. The average molecular weight is 405 g/mol. The third kappa shape index (κ3) is 5.46. The number of carbonyl (C=O) groups is 1. The lowest BCUT2D eigenvalue weighted by molar-refractivity contribution is -0.121. The Morgan fingerprint density at radius 1 is 1.04 bits per heavy atom. The van der Waals surface area contributed by atoms with E-state index in [1.54, 1.807) is 55.6 Å². The van der Waals surface area contributed by atoms with Crippen molar-refractivity contribution in [2.75, 3.05) is 24.8 Å². The number of ether oxygens (including phenoxy) is 2. The van der Waals surface area contributed by atoms with Crippen molar-refractivity contribution >= 4 is 27.8 Å². The van der Waals surface area contributed by atoms with Crippen LogP contribution in [0.25, 0.3) is 0 Å². The molecule has 0 bridgehead atoms. The van der Waals surface area contributed by atoms with Crippen LogP contribution in [0.15, 0.2) is 53.6 Å². The van der Waals surface area contributed by atoms with Gasteiger partial charge in [-0.25, -0.2) is 13.8 Å². The lowest BCUT2D eigenvalue weighted by atomic mass is 10.2. The monoisotopic (exact) mass is 405 g/mol. The van der Waals surface area contributed by atoms with Crippen LogP contribution in [0.3, 0.4) is 0 Å². The summed E-state index contributed by atoms with van der Waals surface area (Å²) in [5, 5.41) is 3.90. The molecule has 28 heavy (non-hydrogen) atoms. The number of hydrazone groups is 1. The maximum absolute atomic E-state index is 12.4. The van der Waals surface area contributed by atoms with Gasteiger partial charge in [0.25, 0.3) is 5.91 Å². The number of anilines is 1. The Bertz CT molecular complexity index is 925. The van der Waals surface area contributed by atoms with E-state index in [1.807, 2.05) is 0 Å². The average Bonchev–Trinajstić information content (AvgIpc) is 2.68. The highest BCUT2D eigenvalue weighted by Gasteiger charge is 2.29. The van der Waals surface area contributed by atoms with Crippen molar-refractivity contribution in [3.05, 3.63) is 54.1 Å². The number of hydrogen-bond acceptors (Lipinski definition) is 6. The van der Waals surface area contributed by atoms with Gasteiger partial charge >= 0.3 is 0 Å². The van der Waals surface area contributed by atoms with Crippen molar-refractivity contribution in [2.24, 2.45) is 5.10 Å². The van der Waals surface area contributed by atoms with Crippen LogP contribution in [0.1, 0.15) is 12.5 Å². The number of nitrogens with one attached hydrogen (secondary N) is 1. The fourth-order valence-corrected chi connectivity index (χ4v) is 3.67. The molecule has 0 aliphatic rings. The van der Waals surface area contributed by atoms with E-state index < -0.39 is 22.0 Å². The summed E-state index contributed by atoms with van der Waals surface area (Å²) in [6.45, 7) is 1.49. The van der Waals surface area contributed by atoms with Gasteiger partial charge in [-0.3, -0.25) is 9.10 Å². The molecular formula is C19H23N3O5S. The number of carbonyl (C=O) groups excluding carboxylic acids is 1. The highest BCUT2D eigenvalue weighted by atomic mass is 32.2. The molecule has 0 radical (unpaired) electrons. The zero-order valence-electron chi connectivity index (χ0n) is 16.1. The summed E-state index contributed by atoms with van der Waals surface area (Å²) in [7, 11) is -0.616. The first-order valence-electron chi connectivity index (χ1n) is 8.36. The normalized spacial score (nSPS) is 12.4. The Morgan fingerprint density at radius 3 is 2.00 bits per heavy atom. The van der Waals surface area contributed by atoms with E-state index in [9.17, 15) is 13.2 Å². The van der Waals surface area contributed by atoms with Crippen molar-refractivity contribution in [2.45, 2.75) is 13.0 Å². The quantitative estimate of drug-likeness (QED) is 0.535. The second-order valence-electron chi connectivity index (χ2n) is 5.94. The molecule has 9 heteroatoms. The van der Waals surface area contributed by atoms with Crippen molar-refractivity contribution in [1.82, 2.24) is 5.43 Å². The van der Waals surface area contributed by atoms with Crippen LogP contribution in [-0.2, 0) is 14.8 Å². The summed E-state index contributed by atoms with van der Waals surface area (Å²) in [6, 6.07) is 12.5. The third-order valence-corrected chi connectivity index (χ3v) is 5.16. The smallest absolute Gasteiger partial charge is 0.263 e. The van der Waals surface area contributed by atoms with Crippen LogP contribution in [0.2, 0.25) is 0 Å². The highest BCUT2D eigenvalue weighted by molar-refractivity contribution is 7.92. The fourth-order valence-electron chi connectivity index (χ4n) is 2.49. The SMILES string of the molecule is COc1ccc(/C=N\NC(=O)[C@H](C)N(c2ccc(OC)cc2)S(C)(=O)=O)cc1. The second kappa shape index (κ2) is 9.23. The Kier molecular flexibility index (Phi) is 7.00. The maximum Gasteiger partial charge on any atom is 0.263 e. The van der Waals surface area contributed by atoms with E-state index in [1.165, 1.54) is 20.2 Å². The summed E-state index contributed by atoms with van der Waals surface area (Å²) >= 11 is 0. The molecular weight excluding hydrogens is 382 g/mol. The van der Waals surface area contributed by atoms with Gasteiger partial charge in [0.2, 0.25) is 10.0 Å². The van der Waals surface area contributed by atoms with Gasteiger partial charge < -0.3 is 9.47 Å². The summed E-state index contributed by atoms with van der Waals surface area (Å²) in [4.78, 5) is 12.4. The number of benzene rings is 2. The zero-order chi connectivity index (χ0) is 20.7. The van der Waals surface area contributed by atoms with Gasteiger partial charge in [0.15, 0.2) is 0 Å². The third-order valence-electron chi connectivity index (χ3n) is 3.92. The number of hydrogen-bond donors (Lipinski definition) is 1. The van der Waals surface area contributed by atoms with Crippen molar-refractivity contribution in [3.8, 4) is 11.5 Å². The molecule has 1 amide bonds. The van der Waals surface area contributed by atoms with E-state index in [4.69, 9.17) is 9.47 Å². The first kappa shape index (κ1) is 21.2. The summed E-state index contributed by atoms with van der Waals surface area (Å²) in [6.07, 6.45) is 2.50. The van der Waals surface area contributed by atoms with Crippen molar-refractivity contribution < 1.29 is 22.7 Å². The molecule has 0 saturated carbocycles. The van der Waals surface area contributed by atoms with Crippen LogP contribution in [-0.4, -0.2) is 47.1 Å². The van der Waals surface area contributed by atoms with E-state index >= 15 is 0 Å². The zero-order valence-corrected chi connectivity index (χ0v) is 16.9. The molecule has 0 aliphatic heterocycles. The molecule has 2 aromatic carbocycles. The number of methoxy groups -OCH3 is 2. The van der Waals surface area contributed by atoms with Crippen LogP contribution in [0.5, 0.6) is 11.5 Å². The minimum absolute atomic E-state index is 0.352. The van der Waals surface area contributed by atoms with Gasteiger partial charge in [0.1, 0.15) is 17.5 Å². The topological polar surface area (TPSA) is 97.3 Å². The van der Waals surface area contributed by atoms with Crippen LogP contribution in [0, 0.1) is 0 Å². The molecule has 8 nitrogen and oxygen atoms in total. The van der Waals surface area contributed by atoms with Crippen molar-refractivity contribution in [3.63, 3.8) is 0 Å². The standard InChI is InChI=1S/C19H23N3O5S/c1-14(19(23)21-20-13-15-5-9-17(26-2)10-6-15)22(28(4,24)25)16-7-11-18(27-3)12-8-16/h5-14H,1-4H3,(H,21,23)/b20-13-/t14-/m0/s1. The lowest BCUT2D eigenvalue weighted by Crippen LogP contribution is -2.46. The van der Waals surface area contributed by atoms with E-state index in [-0.39, 0.29) is 0 Å². The van der Waals surface area contributed by atoms with Gasteiger partial charge in [-0.15, -0.1) is 0 Å². The van der Waals surface area contributed by atoms with E-state index in [0.29, 0.717) is 17.2 Å². The van der Waals surface area contributed by atoms with E-state index in [2.05, 4.69) is 10.5 Å². The molecule has 0 aliphatic carbocycles. The molecule has 0 fully saturated rings. The Labute approximate surface area is 164 Å². The lowest BCUT2D eigenvalue weighted by Gasteiger charge is -2.27. The number of sulfonamides is 1. The molecule has 0 heterocycles. The fraction of sp³-hybridized carbons (Fsp3) is 0.263. The molecule has 1 N–H and O–H groups in total. The molecule has 0 spiro atoms. The van der Waals surface area contributed by atoms with Crippen LogP contribution >= 0.6 is 0 Å². The van der Waals surface area contributed by atoms with Crippen LogP contribution < -0.4 is 19.2 Å². The Morgan fingerprint density at radius 2 is 1.54 bits per heavy atom. The minimum atomic E-state index is -3.70. The number of nitrogens with zero attached hydrogens (tertiary/aromatic N) is 2. The molecule has 2 rings (SSSR count). The molecule has 1 atom stereocenters. The Balaban J connectivity index is 2.13. The van der Waals surface area contributed by atoms with Gasteiger partial charge in [0.05, 0.1) is 32.4 Å². The highest BCUT2D eigenvalue weighted by Crippen LogP contribution is 2.23. The van der Waals surface area contributed by atoms with Gasteiger partial charge in [0, 0.05) is 0 Å². The maximum atomic E-state index is 12.4. The minimum Gasteiger partial charge on any atom is -0.497 e. The molecule has 0 aromatic heterocycles.